The van der Waals surface area contributed by atoms with Crippen LogP contribution in [0, 0.1) is 12.7 Å². The Morgan fingerprint density at radius 1 is 1.03 bits per heavy atom. The molecule has 152 valence electrons. The lowest BCUT2D eigenvalue weighted by atomic mass is 9.82. The van der Waals surface area contributed by atoms with Crippen molar-refractivity contribution in [3.05, 3.63) is 65.5 Å². The van der Waals surface area contributed by atoms with E-state index in [4.69, 9.17) is 0 Å². The minimum absolute atomic E-state index is 0.0546. The third-order valence-electron chi connectivity index (χ3n) is 5.92. The van der Waals surface area contributed by atoms with Crippen LogP contribution in [0.5, 0.6) is 0 Å². The second-order valence-electron chi connectivity index (χ2n) is 8.09. The van der Waals surface area contributed by atoms with Gasteiger partial charge in [0.25, 0.3) is 5.91 Å². The van der Waals surface area contributed by atoms with Gasteiger partial charge in [-0.2, -0.15) is 0 Å². The third-order valence-corrected chi connectivity index (χ3v) is 5.92. The molecule has 0 aromatic heterocycles. The molecule has 2 heterocycles. The van der Waals surface area contributed by atoms with E-state index in [1.807, 2.05) is 36.1 Å². The van der Waals surface area contributed by atoms with E-state index in [1.165, 1.54) is 12.1 Å². The van der Waals surface area contributed by atoms with Crippen LogP contribution in [-0.4, -0.2) is 35.0 Å². The van der Waals surface area contributed by atoms with E-state index >= 15 is 0 Å². The first-order valence-corrected chi connectivity index (χ1v) is 10.2. The van der Waals surface area contributed by atoms with Gasteiger partial charge >= 0.3 is 6.03 Å². The summed E-state index contributed by atoms with van der Waals surface area (Å²) in [6.07, 6.45) is 4.47. The van der Waals surface area contributed by atoms with Gasteiger partial charge < -0.3 is 15.5 Å². The molecule has 5 nitrogen and oxygen atoms in total. The van der Waals surface area contributed by atoms with Crippen molar-refractivity contribution in [2.45, 2.75) is 57.2 Å². The molecule has 2 aromatic rings. The fourth-order valence-electron chi connectivity index (χ4n) is 4.61. The van der Waals surface area contributed by atoms with E-state index in [2.05, 4.69) is 10.6 Å². The third kappa shape index (κ3) is 4.42. The molecule has 0 aliphatic carbocycles. The van der Waals surface area contributed by atoms with Crippen molar-refractivity contribution < 1.29 is 14.0 Å². The number of halogens is 1. The van der Waals surface area contributed by atoms with Crippen LogP contribution in [0.25, 0.3) is 0 Å². The average Bonchev–Trinajstić information content (AvgIpc) is 2.69. The maximum atomic E-state index is 13.1. The molecule has 2 aliphatic rings. The summed E-state index contributed by atoms with van der Waals surface area (Å²) >= 11 is 0. The lowest BCUT2D eigenvalue weighted by Gasteiger charge is -2.48. The van der Waals surface area contributed by atoms with Gasteiger partial charge in [-0.25, -0.2) is 9.18 Å². The van der Waals surface area contributed by atoms with Crippen molar-refractivity contribution in [1.82, 2.24) is 10.2 Å². The van der Waals surface area contributed by atoms with Crippen LogP contribution in [0.2, 0.25) is 0 Å². The SMILES string of the molecule is Cc1cccc(C(=O)NC2C[C@@H]3CCC[C@@H](C2)N3C(=O)Nc2ccc(F)cc2)c1. The number of piperidine rings is 2. The van der Waals surface area contributed by atoms with E-state index in [9.17, 15) is 14.0 Å². The van der Waals surface area contributed by atoms with E-state index < -0.39 is 0 Å². The molecule has 0 saturated carbocycles. The zero-order valence-electron chi connectivity index (χ0n) is 16.5. The molecular formula is C23H26FN3O2. The second-order valence-corrected chi connectivity index (χ2v) is 8.09. The summed E-state index contributed by atoms with van der Waals surface area (Å²) in [6.45, 7) is 1.97. The van der Waals surface area contributed by atoms with Crippen LogP contribution in [0.1, 0.15) is 48.0 Å². The summed E-state index contributed by atoms with van der Waals surface area (Å²) in [5, 5.41) is 6.06. The summed E-state index contributed by atoms with van der Waals surface area (Å²) in [4.78, 5) is 27.5. The van der Waals surface area contributed by atoms with Crippen molar-refractivity contribution >= 4 is 17.6 Å². The Balaban J connectivity index is 1.41. The number of urea groups is 1. The normalized spacial score (nSPS) is 23.4. The van der Waals surface area contributed by atoms with Crippen LogP contribution in [-0.2, 0) is 0 Å². The molecule has 0 radical (unpaired) electrons. The van der Waals surface area contributed by atoms with Gasteiger partial charge in [0, 0.05) is 29.4 Å². The number of fused-ring (bicyclic) bond motifs is 2. The summed E-state index contributed by atoms with van der Waals surface area (Å²) in [6, 6.07) is 13.5. The molecule has 0 unspecified atom stereocenters. The van der Waals surface area contributed by atoms with Crippen LogP contribution in [0.3, 0.4) is 0 Å². The van der Waals surface area contributed by atoms with E-state index in [-0.39, 0.29) is 35.9 Å². The highest BCUT2D eigenvalue weighted by Crippen LogP contribution is 2.34. The number of hydrogen-bond donors (Lipinski definition) is 2. The largest absolute Gasteiger partial charge is 0.349 e. The Morgan fingerprint density at radius 2 is 1.72 bits per heavy atom. The minimum atomic E-state index is -0.329. The number of aryl methyl sites for hydroxylation is 1. The summed E-state index contributed by atoms with van der Waals surface area (Å²) in [5.74, 6) is -0.383. The van der Waals surface area contributed by atoms with Gasteiger partial charge in [-0.1, -0.05) is 17.7 Å². The van der Waals surface area contributed by atoms with E-state index in [0.29, 0.717) is 11.3 Å². The van der Waals surface area contributed by atoms with Gasteiger partial charge in [0.1, 0.15) is 5.82 Å². The van der Waals surface area contributed by atoms with E-state index in [1.54, 1.807) is 12.1 Å². The second kappa shape index (κ2) is 8.23. The molecule has 2 saturated heterocycles. The Kier molecular flexibility index (Phi) is 5.51. The highest BCUT2D eigenvalue weighted by Gasteiger charge is 2.41. The van der Waals surface area contributed by atoms with Gasteiger partial charge in [-0.05, 0) is 75.4 Å². The Bertz CT molecular complexity index is 885. The monoisotopic (exact) mass is 395 g/mol. The number of nitrogens with one attached hydrogen (secondary N) is 2. The Labute approximate surface area is 170 Å². The molecule has 6 heteroatoms. The first kappa shape index (κ1) is 19.4. The smallest absolute Gasteiger partial charge is 0.322 e. The number of nitrogens with zero attached hydrogens (tertiary/aromatic N) is 1. The van der Waals surface area contributed by atoms with Crippen LogP contribution < -0.4 is 10.6 Å². The predicted octanol–water partition coefficient (Wildman–Crippen LogP) is 4.48. The van der Waals surface area contributed by atoms with Crippen LogP contribution in [0.15, 0.2) is 48.5 Å². The number of carbonyl (C=O) groups is 2. The molecule has 2 bridgehead atoms. The molecule has 2 N–H and O–H groups in total. The van der Waals surface area contributed by atoms with Gasteiger partial charge in [0.05, 0.1) is 0 Å². The number of hydrogen-bond acceptors (Lipinski definition) is 2. The van der Waals surface area contributed by atoms with Crippen molar-refractivity contribution in [1.29, 1.82) is 0 Å². The van der Waals surface area contributed by atoms with Crippen molar-refractivity contribution in [2.24, 2.45) is 0 Å². The topological polar surface area (TPSA) is 61.4 Å². The Hall–Kier alpha value is -2.89. The van der Waals surface area contributed by atoms with Crippen molar-refractivity contribution in [3.63, 3.8) is 0 Å². The quantitative estimate of drug-likeness (QED) is 0.805. The van der Waals surface area contributed by atoms with E-state index in [0.717, 1.165) is 37.7 Å². The summed E-state index contributed by atoms with van der Waals surface area (Å²) in [7, 11) is 0. The van der Waals surface area contributed by atoms with Gasteiger partial charge in [0.15, 0.2) is 0 Å². The highest BCUT2D eigenvalue weighted by atomic mass is 19.1. The molecule has 29 heavy (non-hydrogen) atoms. The first-order chi connectivity index (χ1) is 14.0. The number of carbonyl (C=O) groups excluding carboxylic acids is 2. The van der Waals surface area contributed by atoms with Crippen LogP contribution >= 0.6 is 0 Å². The van der Waals surface area contributed by atoms with Crippen molar-refractivity contribution in [3.8, 4) is 0 Å². The number of anilines is 1. The summed E-state index contributed by atoms with van der Waals surface area (Å²) < 4.78 is 13.1. The molecule has 0 spiro atoms. The zero-order valence-corrected chi connectivity index (χ0v) is 16.5. The lowest BCUT2D eigenvalue weighted by Crippen LogP contribution is -2.59. The number of rotatable bonds is 3. The summed E-state index contributed by atoms with van der Waals surface area (Å²) in [5.41, 5.74) is 2.32. The molecule has 2 aliphatic heterocycles. The molecule has 3 amide bonds. The van der Waals surface area contributed by atoms with Gasteiger partial charge in [-0.15, -0.1) is 0 Å². The average molecular weight is 395 g/mol. The molecule has 4 rings (SSSR count). The standard InChI is InChI=1S/C23H26FN3O2/c1-15-4-2-5-16(12-15)22(28)25-19-13-20-6-3-7-21(14-19)27(20)23(29)26-18-10-8-17(24)9-11-18/h2,4-5,8-12,19-21H,3,6-7,13-14H2,1H3,(H,25,28)(H,26,29)/t20-,21-/m0/s1. The fraction of sp³-hybridized carbons (Fsp3) is 0.391. The molecule has 2 aromatic carbocycles. The fourth-order valence-corrected chi connectivity index (χ4v) is 4.61. The zero-order chi connectivity index (χ0) is 20.4. The highest BCUT2D eigenvalue weighted by molar-refractivity contribution is 5.94. The number of benzene rings is 2. The Morgan fingerprint density at radius 3 is 2.38 bits per heavy atom. The first-order valence-electron chi connectivity index (χ1n) is 10.2. The maximum absolute atomic E-state index is 13.1. The molecule has 2 atom stereocenters. The van der Waals surface area contributed by atoms with Gasteiger partial charge in [0.2, 0.25) is 0 Å². The van der Waals surface area contributed by atoms with Crippen molar-refractivity contribution in [2.75, 3.05) is 5.32 Å². The predicted molar refractivity (Wildman–Crippen MR) is 110 cm³/mol. The molecular weight excluding hydrogens is 369 g/mol. The molecule has 2 fully saturated rings. The minimum Gasteiger partial charge on any atom is -0.349 e. The van der Waals surface area contributed by atoms with Crippen LogP contribution in [0.4, 0.5) is 14.9 Å². The number of amides is 3. The van der Waals surface area contributed by atoms with Gasteiger partial charge in [-0.3, -0.25) is 4.79 Å². The maximum Gasteiger partial charge on any atom is 0.322 e. The lowest BCUT2D eigenvalue weighted by molar-refractivity contribution is 0.0577.